The van der Waals surface area contributed by atoms with Crippen molar-refractivity contribution in [2.45, 2.75) is 16.7 Å². The molecule has 0 fully saturated rings. The van der Waals surface area contributed by atoms with Crippen LogP contribution in [0.4, 0.5) is 11.4 Å². The summed E-state index contributed by atoms with van der Waals surface area (Å²) < 4.78 is 27.8. The van der Waals surface area contributed by atoms with Crippen LogP contribution < -0.4 is 9.73 Å². The fraction of sp³-hybridized carbons (Fsp3) is 0.130. The van der Waals surface area contributed by atoms with E-state index < -0.39 is 27.4 Å². The number of nitrogens with zero attached hydrogens (tertiary/aromatic N) is 3. The van der Waals surface area contributed by atoms with E-state index in [4.69, 9.17) is 0 Å². The monoisotopic (exact) mass is 498 g/mol. The zero-order chi connectivity index (χ0) is 24.7. The first-order chi connectivity index (χ1) is 16.2. The minimum Gasteiger partial charge on any atom is -0.271 e. The van der Waals surface area contributed by atoms with E-state index in [1.807, 2.05) is 13.2 Å². The number of non-ortho nitro benzene ring substituents is 1. The minimum atomic E-state index is -4.04. The second-order valence-corrected chi connectivity index (χ2v) is 9.91. The van der Waals surface area contributed by atoms with E-state index in [0.29, 0.717) is 11.3 Å². The van der Waals surface area contributed by atoms with Gasteiger partial charge in [0.15, 0.2) is 0 Å². The van der Waals surface area contributed by atoms with E-state index in [1.54, 1.807) is 42.5 Å². The van der Waals surface area contributed by atoms with Gasteiger partial charge in [0.05, 0.1) is 21.7 Å². The second kappa shape index (κ2) is 10.9. The van der Waals surface area contributed by atoms with Gasteiger partial charge < -0.3 is 0 Å². The highest BCUT2D eigenvalue weighted by molar-refractivity contribution is 7.98. The van der Waals surface area contributed by atoms with Gasteiger partial charge in [-0.15, -0.1) is 11.8 Å². The van der Waals surface area contributed by atoms with Crippen molar-refractivity contribution in [3.8, 4) is 0 Å². The lowest BCUT2D eigenvalue weighted by Gasteiger charge is -2.24. The second-order valence-electron chi connectivity index (χ2n) is 7.17. The Morgan fingerprint density at radius 1 is 1.12 bits per heavy atom. The predicted molar refractivity (Wildman–Crippen MR) is 133 cm³/mol. The number of hydrogen-bond donors (Lipinski definition) is 1. The SMILES string of the molecule is CSc1ccc(S(=O)(=O)N(CC(=O)N/N=C\c2cccc([N+](=O)[O-])c2)c2ccc(C)cc2)cc1. The van der Waals surface area contributed by atoms with Gasteiger partial charge in [-0.3, -0.25) is 19.2 Å². The first kappa shape index (κ1) is 24.9. The Morgan fingerprint density at radius 2 is 1.79 bits per heavy atom. The molecule has 0 bridgehead atoms. The van der Waals surface area contributed by atoms with E-state index in [-0.39, 0.29) is 10.6 Å². The van der Waals surface area contributed by atoms with Gasteiger partial charge >= 0.3 is 0 Å². The lowest BCUT2D eigenvalue weighted by atomic mass is 10.2. The molecule has 0 aromatic heterocycles. The highest BCUT2D eigenvalue weighted by Crippen LogP contribution is 2.25. The molecule has 0 saturated carbocycles. The molecule has 3 aromatic carbocycles. The molecular weight excluding hydrogens is 476 g/mol. The van der Waals surface area contributed by atoms with Gasteiger partial charge in [-0.05, 0) is 49.6 Å². The largest absolute Gasteiger partial charge is 0.271 e. The van der Waals surface area contributed by atoms with Crippen molar-refractivity contribution in [1.82, 2.24) is 5.43 Å². The molecule has 0 aliphatic heterocycles. The summed E-state index contributed by atoms with van der Waals surface area (Å²) in [6, 6.07) is 18.9. The third kappa shape index (κ3) is 6.21. The summed E-state index contributed by atoms with van der Waals surface area (Å²) >= 11 is 1.49. The lowest BCUT2D eigenvalue weighted by Crippen LogP contribution is -2.39. The van der Waals surface area contributed by atoms with Gasteiger partial charge in [-0.25, -0.2) is 13.8 Å². The summed E-state index contributed by atoms with van der Waals surface area (Å²) in [5, 5.41) is 14.7. The fourth-order valence-corrected chi connectivity index (χ4v) is 4.79. The Hall–Kier alpha value is -3.70. The highest BCUT2D eigenvalue weighted by Gasteiger charge is 2.27. The van der Waals surface area contributed by atoms with Crippen molar-refractivity contribution in [2.24, 2.45) is 5.10 Å². The van der Waals surface area contributed by atoms with Gasteiger partial charge in [-0.1, -0.05) is 29.8 Å². The van der Waals surface area contributed by atoms with Crippen molar-refractivity contribution in [3.05, 3.63) is 94.0 Å². The van der Waals surface area contributed by atoms with Gasteiger partial charge in [0.2, 0.25) is 0 Å². The summed E-state index contributed by atoms with van der Waals surface area (Å²) in [4.78, 5) is 23.9. The zero-order valence-corrected chi connectivity index (χ0v) is 20.0. The number of hydrazone groups is 1. The van der Waals surface area contributed by atoms with Crippen LogP contribution in [-0.2, 0) is 14.8 Å². The number of hydrogen-bond acceptors (Lipinski definition) is 7. The van der Waals surface area contributed by atoms with Crippen LogP contribution in [-0.4, -0.2) is 38.3 Å². The average Bonchev–Trinajstić information content (AvgIpc) is 2.83. The van der Waals surface area contributed by atoms with Crippen molar-refractivity contribution < 1.29 is 18.1 Å². The number of amides is 1. The standard InChI is InChI=1S/C23H22N4O5S2/c1-17-6-8-19(9-7-17)26(34(31,32)22-12-10-21(33-2)11-13-22)16-23(28)25-24-15-18-4-3-5-20(14-18)27(29)30/h3-15H,16H2,1-2H3,(H,25,28)/b24-15-. The molecular formula is C23H22N4O5S2. The quantitative estimate of drug-likeness (QED) is 0.206. The molecule has 0 radical (unpaired) electrons. The van der Waals surface area contributed by atoms with E-state index in [2.05, 4.69) is 10.5 Å². The molecule has 9 nitrogen and oxygen atoms in total. The molecule has 11 heteroatoms. The summed E-state index contributed by atoms with van der Waals surface area (Å²) in [6.45, 7) is 1.36. The molecule has 34 heavy (non-hydrogen) atoms. The van der Waals surface area contributed by atoms with Crippen LogP contribution in [0.15, 0.2) is 87.7 Å². The maximum atomic E-state index is 13.4. The highest BCUT2D eigenvalue weighted by atomic mass is 32.2. The smallest absolute Gasteiger partial charge is 0.270 e. The molecule has 1 N–H and O–H groups in total. The first-order valence-corrected chi connectivity index (χ1v) is 12.7. The van der Waals surface area contributed by atoms with Gasteiger partial charge in [0.25, 0.3) is 21.6 Å². The van der Waals surface area contributed by atoms with Crippen LogP contribution in [0.25, 0.3) is 0 Å². The average molecular weight is 499 g/mol. The molecule has 0 aliphatic rings. The number of benzene rings is 3. The maximum Gasteiger partial charge on any atom is 0.270 e. The van der Waals surface area contributed by atoms with E-state index in [0.717, 1.165) is 14.8 Å². The van der Waals surface area contributed by atoms with Gasteiger partial charge in [0.1, 0.15) is 6.54 Å². The number of carbonyl (C=O) groups is 1. The van der Waals surface area contributed by atoms with E-state index in [9.17, 15) is 23.3 Å². The van der Waals surface area contributed by atoms with E-state index in [1.165, 1.54) is 48.3 Å². The van der Waals surface area contributed by atoms with Crippen LogP contribution in [0.3, 0.4) is 0 Å². The first-order valence-electron chi connectivity index (χ1n) is 10.0. The normalized spacial score (nSPS) is 11.4. The van der Waals surface area contributed by atoms with Gasteiger partial charge in [-0.2, -0.15) is 5.10 Å². The number of sulfonamides is 1. The van der Waals surface area contributed by atoms with Crippen LogP contribution in [0, 0.1) is 17.0 Å². The minimum absolute atomic E-state index is 0.0544. The Bertz CT molecular complexity index is 1310. The Morgan fingerprint density at radius 3 is 2.41 bits per heavy atom. The number of nitrogens with one attached hydrogen (secondary N) is 1. The summed E-state index contributed by atoms with van der Waals surface area (Å²) in [6.07, 6.45) is 3.14. The van der Waals surface area contributed by atoms with Crippen LogP contribution in [0.1, 0.15) is 11.1 Å². The molecule has 0 heterocycles. The molecule has 1 amide bonds. The Labute approximate surface area is 201 Å². The molecule has 0 saturated heterocycles. The Kier molecular flexibility index (Phi) is 8.03. The molecule has 0 atom stereocenters. The number of nitro groups is 1. The zero-order valence-electron chi connectivity index (χ0n) is 18.4. The molecule has 3 aromatic rings. The third-order valence-corrected chi connectivity index (χ3v) is 7.27. The summed E-state index contributed by atoms with van der Waals surface area (Å²) in [5.41, 5.74) is 3.85. The molecule has 0 spiro atoms. The van der Waals surface area contributed by atoms with Crippen molar-refractivity contribution in [2.75, 3.05) is 17.1 Å². The molecule has 0 aliphatic carbocycles. The third-order valence-electron chi connectivity index (χ3n) is 4.74. The van der Waals surface area contributed by atoms with Crippen LogP contribution >= 0.6 is 11.8 Å². The summed E-state index contributed by atoms with van der Waals surface area (Å²) in [7, 11) is -4.04. The lowest BCUT2D eigenvalue weighted by molar-refractivity contribution is -0.384. The predicted octanol–water partition coefficient (Wildman–Crippen LogP) is 3.97. The molecule has 176 valence electrons. The fourth-order valence-electron chi connectivity index (χ4n) is 2.96. The van der Waals surface area contributed by atoms with Crippen molar-refractivity contribution >= 4 is 45.3 Å². The number of carbonyl (C=O) groups excluding carboxylic acids is 1. The number of aryl methyl sites for hydroxylation is 1. The Balaban J connectivity index is 1.82. The van der Waals surface area contributed by atoms with Crippen molar-refractivity contribution in [3.63, 3.8) is 0 Å². The maximum absolute atomic E-state index is 13.4. The van der Waals surface area contributed by atoms with Crippen LogP contribution in [0.2, 0.25) is 0 Å². The van der Waals surface area contributed by atoms with Crippen LogP contribution in [0.5, 0.6) is 0 Å². The number of nitro benzene ring substituents is 1. The topological polar surface area (TPSA) is 122 Å². The number of anilines is 1. The number of thioether (sulfide) groups is 1. The molecule has 0 unspecified atom stereocenters. The van der Waals surface area contributed by atoms with Gasteiger partial charge in [0, 0.05) is 22.6 Å². The molecule has 3 rings (SSSR count). The summed E-state index contributed by atoms with van der Waals surface area (Å²) in [5.74, 6) is -0.674. The van der Waals surface area contributed by atoms with E-state index >= 15 is 0 Å². The number of rotatable bonds is 9. The van der Waals surface area contributed by atoms with Crippen molar-refractivity contribution in [1.29, 1.82) is 0 Å².